The summed E-state index contributed by atoms with van der Waals surface area (Å²) in [6.45, 7) is 0.0914. The van der Waals surface area contributed by atoms with Gasteiger partial charge < -0.3 is 10.4 Å². The molecule has 0 radical (unpaired) electrons. The number of hydrogen-bond donors (Lipinski definition) is 2. The van der Waals surface area contributed by atoms with Crippen molar-refractivity contribution in [2.24, 2.45) is 5.92 Å². The average Bonchev–Trinajstić information content (AvgIpc) is 3.16. The van der Waals surface area contributed by atoms with Gasteiger partial charge in [0.25, 0.3) is 5.91 Å². The van der Waals surface area contributed by atoms with Gasteiger partial charge in [-0.2, -0.15) is 0 Å². The Bertz CT molecular complexity index is 558. The van der Waals surface area contributed by atoms with Gasteiger partial charge in [0.05, 0.1) is 0 Å². The van der Waals surface area contributed by atoms with E-state index in [0.29, 0.717) is 23.8 Å². The largest absolute Gasteiger partial charge is 0.396 e. The van der Waals surface area contributed by atoms with Crippen LogP contribution < -0.4 is 5.32 Å². The van der Waals surface area contributed by atoms with Crippen LogP contribution in [-0.4, -0.2) is 38.0 Å². The minimum atomic E-state index is -0.198. The fourth-order valence-electron chi connectivity index (χ4n) is 2.25. The van der Waals surface area contributed by atoms with Crippen LogP contribution in [0.2, 0.25) is 0 Å². The van der Waals surface area contributed by atoms with Gasteiger partial charge in [0.1, 0.15) is 5.69 Å². The van der Waals surface area contributed by atoms with Gasteiger partial charge in [0.2, 0.25) is 5.78 Å². The topological polar surface area (TPSA) is 79.5 Å². The number of nitrogens with zero attached hydrogens (tertiary/aromatic N) is 3. The Hall–Kier alpha value is -1.95. The molecule has 19 heavy (non-hydrogen) atoms. The zero-order valence-electron chi connectivity index (χ0n) is 10.5. The third-order valence-corrected chi connectivity index (χ3v) is 3.42. The fraction of sp³-hybridized carbons (Fsp3) is 0.462. The van der Waals surface area contributed by atoms with Crippen LogP contribution in [0.15, 0.2) is 24.7 Å². The van der Waals surface area contributed by atoms with E-state index in [0.717, 1.165) is 12.8 Å². The number of aliphatic hydroxyl groups is 1. The lowest BCUT2D eigenvalue weighted by molar-refractivity contribution is 0.0920. The number of hydrogen-bond acceptors (Lipinski definition) is 4. The van der Waals surface area contributed by atoms with Crippen LogP contribution in [0.3, 0.4) is 0 Å². The molecule has 2 heterocycles. The maximum atomic E-state index is 12.1. The summed E-state index contributed by atoms with van der Waals surface area (Å²) in [6.07, 6.45) is 7.96. The Labute approximate surface area is 110 Å². The van der Waals surface area contributed by atoms with Crippen LogP contribution in [0.4, 0.5) is 0 Å². The van der Waals surface area contributed by atoms with Gasteiger partial charge in [-0.25, -0.2) is 9.97 Å². The molecule has 1 unspecified atom stereocenters. The number of imidazole rings is 1. The number of amides is 1. The summed E-state index contributed by atoms with van der Waals surface area (Å²) in [4.78, 5) is 20.4. The van der Waals surface area contributed by atoms with Crippen LogP contribution in [0, 0.1) is 5.92 Å². The highest BCUT2D eigenvalue weighted by molar-refractivity contribution is 5.92. The van der Waals surface area contributed by atoms with Crippen molar-refractivity contribution < 1.29 is 9.90 Å². The molecule has 3 rings (SSSR count). The second-order valence-corrected chi connectivity index (χ2v) is 4.88. The lowest BCUT2D eigenvalue weighted by atomic mass is 10.1. The van der Waals surface area contributed by atoms with E-state index in [-0.39, 0.29) is 18.6 Å². The molecular formula is C13H16N4O2. The van der Waals surface area contributed by atoms with E-state index in [9.17, 15) is 4.79 Å². The minimum absolute atomic E-state index is 0.0512. The predicted octanol–water partition coefficient (Wildman–Crippen LogP) is 0.620. The molecule has 0 saturated heterocycles. The van der Waals surface area contributed by atoms with Gasteiger partial charge in [-0.05, 0) is 31.2 Å². The molecule has 0 spiro atoms. The van der Waals surface area contributed by atoms with Crippen LogP contribution in [0.5, 0.6) is 0 Å². The lowest BCUT2D eigenvalue weighted by Crippen LogP contribution is -2.37. The maximum Gasteiger partial charge on any atom is 0.271 e. The van der Waals surface area contributed by atoms with Crippen LogP contribution >= 0.6 is 0 Å². The van der Waals surface area contributed by atoms with Crippen molar-refractivity contribution in [2.75, 3.05) is 6.61 Å². The minimum Gasteiger partial charge on any atom is -0.396 e. The van der Waals surface area contributed by atoms with E-state index in [1.807, 2.05) is 0 Å². The molecule has 0 bridgehead atoms. The molecule has 1 atom stereocenters. The predicted molar refractivity (Wildman–Crippen MR) is 68.7 cm³/mol. The van der Waals surface area contributed by atoms with Gasteiger partial charge >= 0.3 is 0 Å². The van der Waals surface area contributed by atoms with Gasteiger partial charge in [-0.1, -0.05) is 0 Å². The first-order valence-electron chi connectivity index (χ1n) is 6.49. The third kappa shape index (κ3) is 2.58. The van der Waals surface area contributed by atoms with E-state index in [2.05, 4.69) is 15.3 Å². The van der Waals surface area contributed by atoms with Crippen molar-refractivity contribution in [3.8, 4) is 0 Å². The highest BCUT2D eigenvalue weighted by atomic mass is 16.3. The Morgan fingerprint density at radius 3 is 3.11 bits per heavy atom. The molecule has 1 aliphatic rings. The van der Waals surface area contributed by atoms with Crippen molar-refractivity contribution >= 4 is 11.7 Å². The molecule has 100 valence electrons. The second kappa shape index (κ2) is 4.97. The van der Waals surface area contributed by atoms with Crippen molar-refractivity contribution in [3.63, 3.8) is 0 Å². The molecule has 2 N–H and O–H groups in total. The smallest absolute Gasteiger partial charge is 0.271 e. The number of carbonyl (C=O) groups is 1. The van der Waals surface area contributed by atoms with Gasteiger partial charge in [0, 0.05) is 31.2 Å². The molecule has 1 fully saturated rings. The van der Waals surface area contributed by atoms with Crippen molar-refractivity contribution in [3.05, 3.63) is 30.4 Å². The van der Waals surface area contributed by atoms with Crippen LogP contribution in [-0.2, 0) is 0 Å². The SMILES string of the molecule is O=C(NC(CCO)C1CC1)c1cn2cccnc2n1. The van der Waals surface area contributed by atoms with Gasteiger partial charge in [-0.3, -0.25) is 9.20 Å². The molecule has 0 aromatic carbocycles. The van der Waals surface area contributed by atoms with Crippen molar-refractivity contribution in [1.29, 1.82) is 0 Å². The Balaban J connectivity index is 1.75. The molecule has 1 saturated carbocycles. The average molecular weight is 260 g/mol. The van der Waals surface area contributed by atoms with E-state index in [1.54, 1.807) is 29.1 Å². The van der Waals surface area contributed by atoms with Gasteiger partial charge in [0.15, 0.2) is 0 Å². The number of rotatable bonds is 5. The van der Waals surface area contributed by atoms with Crippen molar-refractivity contribution in [1.82, 2.24) is 19.7 Å². The van der Waals surface area contributed by atoms with Crippen LogP contribution in [0.25, 0.3) is 5.78 Å². The highest BCUT2D eigenvalue weighted by Gasteiger charge is 2.32. The first-order valence-corrected chi connectivity index (χ1v) is 6.49. The van der Waals surface area contributed by atoms with E-state index >= 15 is 0 Å². The second-order valence-electron chi connectivity index (χ2n) is 4.88. The molecule has 0 aliphatic heterocycles. The number of fused-ring (bicyclic) bond motifs is 1. The molecule has 2 aromatic rings. The zero-order valence-corrected chi connectivity index (χ0v) is 10.5. The first kappa shape index (κ1) is 12.1. The van der Waals surface area contributed by atoms with E-state index in [4.69, 9.17) is 5.11 Å². The summed E-state index contributed by atoms with van der Waals surface area (Å²) in [5.41, 5.74) is 0.363. The number of nitrogens with one attached hydrogen (secondary N) is 1. The number of aliphatic hydroxyl groups excluding tert-OH is 1. The lowest BCUT2D eigenvalue weighted by Gasteiger charge is -2.15. The summed E-state index contributed by atoms with van der Waals surface area (Å²) in [7, 11) is 0. The monoisotopic (exact) mass is 260 g/mol. The Morgan fingerprint density at radius 1 is 1.58 bits per heavy atom. The summed E-state index contributed by atoms with van der Waals surface area (Å²) >= 11 is 0. The standard InChI is InChI=1S/C13H16N4O2/c18-7-4-10(9-2-3-9)15-12(19)11-8-17-6-1-5-14-13(17)16-11/h1,5-6,8-10,18H,2-4,7H2,(H,15,19). The summed E-state index contributed by atoms with van der Waals surface area (Å²) in [6, 6.07) is 1.84. The van der Waals surface area contributed by atoms with E-state index < -0.39 is 0 Å². The molecule has 6 nitrogen and oxygen atoms in total. The molecular weight excluding hydrogens is 244 g/mol. The van der Waals surface area contributed by atoms with Crippen molar-refractivity contribution in [2.45, 2.75) is 25.3 Å². The van der Waals surface area contributed by atoms with Gasteiger partial charge in [-0.15, -0.1) is 0 Å². The maximum absolute atomic E-state index is 12.1. The highest BCUT2D eigenvalue weighted by Crippen LogP contribution is 2.34. The quantitative estimate of drug-likeness (QED) is 0.826. The number of carbonyl (C=O) groups excluding carboxylic acids is 1. The van der Waals surface area contributed by atoms with E-state index in [1.165, 1.54) is 0 Å². The summed E-state index contributed by atoms with van der Waals surface area (Å²) in [5.74, 6) is 0.819. The zero-order chi connectivity index (χ0) is 13.2. The summed E-state index contributed by atoms with van der Waals surface area (Å²) < 4.78 is 1.72. The Kier molecular flexibility index (Phi) is 3.16. The Morgan fingerprint density at radius 2 is 2.42 bits per heavy atom. The molecule has 2 aromatic heterocycles. The normalized spacial score (nSPS) is 16.5. The third-order valence-electron chi connectivity index (χ3n) is 3.42. The first-order chi connectivity index (χ1) is 9.28. The molecule has 1 aliphatic carbocycles. The number of aromatic nitrogens is 3. The van der Waals surface area contributed by atoms with Crippen LogP contribution in [0.1, 0.15) is 29.8 Å². The molecule has 1 amide bonds. The summed E-state index contributed by atoms with van der Waals surface area (Å²) in [5, 5.41) is 12.0. The molecule has 6 heteroatoms. The fourth-order valence-corrected chi connectivity index (χ4v) is 2.25.